The van der Waals surface area contributed by atoms with Crippen LogP contribution in [0.15, 0.2) is 42.5 Å². The van der Waals surface area contributed by atoms with Crippen molar-refractivity contribution < 1.29 is 0 Å². The number of rotatable bonds is 2. The Morgan fingerprint density at radius 1 is 1.29 bits per heavy atom. The molecule has 2 aromatic rings. The maximum atomic E-state index is 6.32. The molecule has 0 aliphatic carbocycles. The molecule has 1 atom stereocenters. The highest BCUT2D eigenvalue weighted by atomic mass is 35.5. The lowest BCUT2D eigenvalue weighted by molar-refractivity contribution is 0.618. The van der Waals surface area contributed by atoms with Gasteiger partial charge in [-0.1, -0.05) is 42.0 Å². The number of nitrogens with zero attached hydrogens (tertiary/aromatic N) is 1. The van der Waals surface area contributed by atoms with Crippen LogP contribution in [0.3, 0.4) is 0 Å². The average molecular weight is 317 g/mol. The highest BCUT2D eigenvalue weighted by Crippen LogP contribution is 2.38. The zero-order valence-corrected chi connectivity index (χ0v) is 13.4. The van der Waals surface area contributed by atoms with Crippen molar-refractivity contribution in [2.45, 2.75) is 25.8 Å². The summed E-state index contributed by atoms with van der Waals surface area (Å²) < 4.78 is 0. The van der Waals surface area contributed by atoms with Gasteiger partial charge < -0.3 is 10.6 Å². The van der Waals surface area contributed by atoms with Crippen molar-refractivity contribution >= 4 is 40.2 Å². The van der Waals surface area contributed by atoms with Crippen molar-refractivity contribution in [3.8, 4) is 0 Å². The van der Waals surface area contributed by atoms with Gasteiger partial charge in [0.1, 0.15) is 4.99 Å². The van der Waals surface area contributed by atoms with Gasteiger partial charge in [0, 0.05) is 23.0 Å². The Kier molecular flexibility index (Phi) is 3.87. The van der Waals surface area contributed by atoms with E-state index in [9.17, 15) is 0 Å². The number of halogens is 1. The molecule has 2 nitrogen and oxygen atoms in total. The molecule has 4 heteroatoms. The topological polar surface area (TPSA) is 29.3 Å². The second-order valence-corrected chi connectivity index (χ2v) is 6.26. The van der Waals surface area contributed by atoms with Gasteiger partial charge in [-0.3, -0.25) is 0 Å². The lowest BCUT2D eigenvalue weighted by Crippen LogP contribution is -2.33. The Labute approximate surface area is 135 Å². The standard InChI is InChI=1S/C17H17ClN2S/c1-11-6-7-12-4-2-3-5-16(12)20(11)13-8-9-14(17(19)21)15(18)10-13/h2-5,8-11H,6-7H2,1H3,(H2,19,21). The van der Waals surface area contributed by atoms with Gasteiger partial charge in [0.2, 0.25) is 0 Å². The average Bonchev–Trinajstić information content (AvgIpc) is 2.46. The minimum atomic E-state index is 0.332. The molecule has 1 aliphatic heterocycles. The van der Waals surface area contributed by atoms with Crippen LogP contribution in [-0.2, 0) is 6.42 Å². The molecule has 2 N–H and O–H groups in total. The van der Waals surface area contributed by atoms with E-state index in [1.807, 2.05) is 18.2 Å². The molecule has 21 heavy (non-hydrogen) atoms. The molecule has 2 aromatic carbocycles. The molecule has 0 spiro atoms. The van der Waals surface area contributed by atoms with E-state index >= 15 is 0 Å². The molecule has 0 fully saturated rings. The smallest absolute Gasteiger partial charge is 0.105 e. The molecule has 0 amide bonds. The number of fused-ring (bicyclic) bond motifs is 1. The lowest BCUT2D eigenvalue weighted by Gasteiger charge is -2.37. The fourth-order valence-corrected chi connectivity index (χ4v) is 3.45. The van der Waals surface area contributed by atoms with E-state index < -0.39 is 0 Å². The summed E-state index contributed by atoms with van der Waals surface area (Å²) in [6.07, 6.45) is 2.25. The molecule has 0 saturated heterocycles. The van der Waals surface area contributed by atoms with Gasteiger partial charge in [0.25, 0.3) is 0 Å². The number of para-hydroxylation sites is 1. The van der Waals surface area contributed by atoms with Gasteiger partial charge in [-0.15, -0.1) is 0 Å². The summed E-state index contributed by atoms with van der Waals surface area (Å²) in [6.45, 7) is 2.24. The normalized spacial score (nSPS) is 17.4. The van der Waals surface area contributed by atoms with Gasteiger partial charge in [-0.05, 0) is 49.6 Å². The highest BCUT2D eigenvalue weighted by molar-refractivity contribution is 7.80. The van der Waals surface area contributed by atoms with Crippen LogP contribution in [0.25, 0.3) is 0 Å². The van der Waals surface area contributed by atoms with Crippen molar-refractivity contribution in [2.24, 2.45) is 5.73 Å². The third-order valence-corrected chi connectivity index (χ3v) is 4.55. The number of hydrogen-bond acceptors (Lipinski definition) is 2. The first-order chi connectivity index (χ1) is 10.1. The molecule has 1 heterocycles. The van der Waals surface area contributed by atoms with Crippen LogP contribution in [0.4, 0.5) is 11.4 Å². The minimum Gasteiger partial charge on any atom is -0.389 e. The quantitative estimate of drug-likeness (QED) is 0.830. The maximum Gasteiger partial charge on any atom is 0.105 e. The van der Waals surface area contributed by atoms with E-state index in [0.717, 1.165) is 24.1 Å². The summed E-state index contributed by atoms with van der Waals surface area (Å²) in [6, 6.07) is 14.9. The molecule has 1 aliphatic rings. The number of thiocarbonyl (C=S) groups is 1. The van der Waals surface area contributed by atoms with Crippen LogP contribution in [0.5, 0.6) is 0 Å². The van der Waals surface area contributed by atoms with Gasteiger partial charge in [-0.2, -0.15) is 0 Å². The second kappa shape index (κ2) is 5.66. The molecule has 0 radical (unpaired) electrons. The third kappa shape index (κ3) is 2.63. The van der Waals surface area contributed by atoms with Crippen molar-refractivity contribution in [3.05, 3.63) is 58.6 Å². The largest absolute Gasteiger partial charge is 0.389 e. The molecular weight excluding hydrogens is 300 g/mol. The van der Waals surface area contributed by atoms with Crippen molar-refractivity contribution in [2.75, 3.05) is 4.90 Å². The SMILES string of the molecule is CC1CCc2ccccc2N1c1ccc(C(N)=S)c(Cl)c1. The molecule has 0 aromatic heterocycles. The van der Waals surface area contributed by atoms with E-state index in [2.05, 4.69) is 36.1 Å². The molecule has 0 bridgehead atoms. The molecule has 1 unspecified atom stereocenters. The van der Waals surface area contributed by atoms with E-state index in [1.54, 1.807) is 0 Å². The third-order valence-electron chi connectivity index (χ3n) is 4.02. The van der Waals surface area contributed by atoms with Gasteiger partial charge in [0.05, 0.1) is 5.02 Å². The first kappa shape index (κ1) is 14.4. The van der Waals surface area contributed by atoms with Crippen molar-refractivity contribution in [3.63, 3.8) is 0 Å². The Hall–Kier alpha value is -1.58. The highest BCUT2D eigenvalue weighted by Gasteiger charge is 2.24. The van der Waals surface area contributed by atoms with Gasteiger partial charge in [-0.25, -0.2) is 0 Å². The van der Waals surface area contributed by atoms with Crippen LogP contribution in [0.1, 0.15) is 24.5 Å². The summed E-state index contributed by atoms with van der Waals surface area (Å²) in [5, 5.41) is 0.607. The van der Waals surface area contributed by atoms with E-state index in [4.69, 9.17) is 29.6 Å². The minimum absolute atomic E-state index is 0.332. The number of nitrogens with two attached hydrogens (primary N) is 1. The van der Waals surface area contributed by atoms with E-state index in [1.165, 1.54) is 11.3 Å². The van der Waals surface area contributed by atoms with Crippen molar-refractivity contribution in [1.29, 1.82) is 0 Å². The summed E-state index contributed by atoms with van der Waals surface area (Å²) in [5.74, 6) is 0. The number of benzene rings is 2. The number of aryl methyl sites for hydroxylation is 1. The number of anilines is 2. The van der Waals surface area contributed by atoms with E-state index in [0.29, 0.717) is 16.1 Å². The maximum absolute atomic E-state index is 6.32. The van der Waals surface area contributed by atoms with Crippen LogP contribution in [0.2, 0.25) is 5.02 Å². The van der Waals surface area contributed by atoms with Gasteiger partial charge >= 0.3 is 0 Å². The first-order valence-corrected chi connectivity index (χ1v) is 7.83. The number of hydrogen-bond donors (Lipinski definition) is 1. The summed E-state index contributed by atoms with van der Waals surface area (Å²) in [4.78, 5) is 2.67. The molecular formula is C17H17ClN2S. The molecule has 108 valence electrons. The predicted molar refractivity (Wildman–Crippen MR) is 93.7 cm³/mol. The Bertz CT molecular complexity index is 699. The monoisotopic (exact) mass is 316 g/mol. The van der Waals surface area contributed by atoms with Crippen LogP contribution < -0.4 is 10.6 Å². The van der Waals surface area contributed by atoms with Crippen LogP contribution in [-0.4, -0.2) is 11.0 Å². The predicted octanol–water partition coefficient (Wildman–Crippen LogP) is 4.45. The zero-order chi connectivity index (χ0) is 15.0. The summed E-state index contributed by atoms with van der Waals surface area (Å²) in [7, 11) is 0. The summed E-state index contributed by atoms with van der Waals surface area (Å²) >= 11 is 11.3. The fourth-order valence-electron chi connectivity index (χ4n) is 2.94. The first-order valence-electron chi connectivity index (χ1n) is 7.04. The van der Waals surface area contributed by atoms with Crippen molar-refractivity contribution in [1.82, 2.24) is 0 Å². The molecule has 3 rings (SSSR count). The van der Waals surface area contributed by atoms with Crippen LogP contribution in [0, 0.1) is 0 Å². The van der Waals surface area contributed by atoms with Gasteiger partial charge in [0.15, 0.2) is 0 Å². The second-order valence-electron chi connectivity index (χ2n) is 5.41. The summed E-state index contributed by atoms with van der Waals surface area (Å²) in [5.41, 5.74) is 10.1. The zero-order valence-electron chi connectivity index (χ0n) is 11.8. The van der Waals surface area contributed by atoms with E-state index in [-0.39, 0.29) is 0 Å². The Morgan fingerprint density at radius 3 is 2.76 bits per heavy atom. The fraction of sp³-hybridized carbons (Fsp3) is 0.235. The van der Waals surface area contributed by atoms with Crippen LogP contribution >= 0.6 is 23.8 Å². The Morgan fingerprint density at radius 2 is 2.05 bits per heavy atom. The molecule has 0 saturated carbocycles. The lowest BCUT2D eigenvalue weighted by atomic mass is 9.96. The Balaban J connectivity index is 2.07.